The summed E-state index contributed by atoms with van der Waals surface area (Å²) in [6.45, 7) is 7.09. The zero-order valence-corrected chi connectivity index (χ0v) is 18.0. The molecular weight excluding hydrogens is 400 g/mol. The highest BCUT2D eigenvalue weighted by atomic mass is 33.1. The molecule has 1 aliphatic heterocycles. The van der Waals surface area contributed by atoms with E-state index in [4.69, 9.17) is 0 Å². The van der Waals surface area contributed by atoms with Crippen molar-refractivity contribution in [3.05, 3.63) is 48.8 Å². The fourth-order valence-corrected chi connectivity index (χ4v) is 6.38. The van der Waals surface area contributed by atoms with E-state index in [9.17, 15) is 0 Å². The Labute approximate surface area is 172 Å². The van der Waals surface area contributed by atoms with Crippen molar-refractivity contribution >= 4 is 43.2 Å². The van der Waals surface area contributed by atoms with Crippen LogP contribution in [0.5, 0.6) is 0 Å². The van der Waals surface area contributed by atoms with Crippen molar-refractivity contribution in [3.63, 3.8) is 0 Å². The highest BCUT2D eigenvalue weighted by Gasteiger charge is 2.16. The normalized spacial score (nSPS) is 16.0. The maximum atomic E-state index is 4.34. The van der Waals surface area contributed by atoms with E-state index in [-0.39, 0.29) is 0 Å². The summed E-state index contributed by atoms with van der Waals surface area (Å²) in [6, 6.07) is 12.2. The highest BCUT2D eigenvalue weighted by molar-refractivity contribution is 8.77. The maximum Gasteiger partial charge on any atom is 0.106 e. The summed E-state index contributed by atoms with van der Waals surface area (Å²) in [7, 11) is 7.36. The predicted molar refractivity (Wildman–Crippen MR) is 118 cm³/mol. The fourth-order valence-electron chi connectivity index (χ4n) is 2.57. The number of hydrogen-bond acceptors (Lipinski definition) is 8. The molecule has 1 saturated heterocycles. The summed E-state index contributed by atoms with van der Waals surface area (Å²) in [5.41, 5.74) is 0. The average molecular weight is 425 g/mol. The monoisotopic (exact) mass is 424 g/mol. The molecule has 1 fully saturated rings. The summed E-state index contributed by atoms with van der Waals surface area (Å²) >= 11 is 0. The Balaban J connectivity index is 1.20. The molecule has 2 aromatic rings. The Morgan fingerprint density at radius 3 is 1.54 bits per heavy atom. The molecule has 140 valence electrons. The van der Waals surface area contributed by atoms with Gasteiger partial charge < -0.3 is 0 Å². The van der Waals surface area contributed by atoms with Gasteiger partial charge in [-0.15, -0.1) is 0 Å². The lowest BCUT2D eigenvalue weighted by molar-refractivity contribution is 0.144. The van der Waals surface area contributed by atoms with Gasteiger partial charge in [0.15, 0.2) is 0 Å². The molecule has 0 saturated carbocycles. The molecule has 0 radical (unpaired) electrons. The summed E-state index contributed by atoms with van der Waals surface area (Å²) in [4.78, 5) is 13.8. The van der Waals surface area contributed by atoms with Gasteiger partial charge in [-0.1, -0.05) is 33.7 Å². The molecule has 0 aromatic carbocycles. The zero-order chi connectivity index (χ0) is 17.9. The van der Waals surface area contributed by atoms with Crippen LogP contribution in [-0.2, 0) is 0 Å². The van der Waals surface area contributed by atoms with Crippen molar-refractivity contribution < 1.29 is 0 Å². The SMILES string of the molecule is c1ccc(SSCCN2CCN(CCSSc3ccccn3)CC2)nc1. The Kier molecular flexibility index (Phi) is 9.51. The Bertz CT molecular complexity index is 554. The molecule has 4 nitrogen and oxygen atoms in total. The van der Waals surface area contributed by atoms with Crippen LogP contribution in [0.1, 0.15) is 0 Å². The topological polar surface area (TPSA) is 32.3 Å². The number of rotatable bonds is 10. The second-order valence-corrected chi connectivity index (χ2v) is 10.7. The van der Waals surface area contributed by atoms with E-state index in [1.165, 1.54) is 39.3 Å². The van der Waals surface area contributed by atoms with Crippen molar-refractivity contribution in [2.45, 2.75) is 10.1 Å². The number of piperazine rings is 1. The van der Waals surface area contributed by atoms with Gasteiger partial charge in [-0.2, -0.15) is 0 Å². The quantitative estimate of drug-likeness (QED) is 0.413. The van der Waals surface area contributed by atoms with Gasteiger partial charge >= 0.3 is 0 Å². The third-order valence-corrected chi connectivity index (χ3v) is 8.50. The van der Waals surface area contributed by atoms with Crippen molar-refractivity contribution in [1.29, 1.82) is 0 Å². The Morgan fingerprint density at radius 2 is 1.15 bits per heavy atom. The van der Waals surface area contributed by atoms with Crippen molar-refractivity contribution in [3.8, 4) is 0 Å². The fraction of sp³-hybridized carbons (Fsp3) is 0.444. The maximum absolute atomic E-state index is 4.34. The van der Waals surface area contributed by atoms with E-state index in [1.54, 1.807) is 21.6 Å². The molecule has 0 N–H and O–H groups in total. The molecule has 3 rings (SSSR count). The van der Waals surface area contributed by atoms with E-state index in [0.29, 0.717) is 0 Å². The molecule has 26 heavy (non-hydrogen) atoms. The van der Waals surface area contributed by atoms with Crippen LogP contribution >= 0.6 is 43.2 Å². The van der Waals surface area contributed by atoms with E-state index in [1.807, 2.05) is 58.2 Å². The Morgan fingerprint density at radius 1 is 0.692 bits per heavy atom. The molecule has 0 unspecified atom stereocenters. The van der Waals surface area contributed by atoms with Crippen molar-refractivity contribution in [1.82, 2.24) is 19.8 Å². The van der Waals surface area contributed by atoms with Crippen LogP contribution in [0, 0.1) is 0 Å². The minimum Gasteiger partial charge on any atom is -0.300 e. The largest absolute Gasteiger partial charge is 0.300 e. The molecule has 0 atom stereocenters. The van der Waals surface area contributed by atoms with Crippen LogP contribution in [0.15, 0.2) is 58.8 Å². The second kappa shape index (κ2) is 12.2. The van der Waals surface area contributed by atoms with Crippen LogP contribution in [0.4, 0.5) is 0 Å². The highest BCUT2D eigenvalue weighted by Crippen LogP contribution is 2.29. The summed E-state index contributed by atoms with van der Waals surface area (Å²) in [5.74, 6) is 2.30. The molecule has 0 aliphatic carbocycles. The van der Waals surface area contributed by atoms with Gasteiger partial charge in [-0.05, 0) is 45.9 Å². The van der Waals surface area contributed by atoms with Crippen LogP contribution in [0.25, 0.3) is 0 Å². The smallest absolute Gasteiger partial charge is 0.106 e. The van der Waals surface area contributed by atoms with E-state index in [2.05, 4.69) is 31.9 Å². The van der Waals surface area contributed by atoms with E-state index < -0.39 is 0 Å². The second-order valence-electron chi connectivity index (χ2n) is 5.83. The summed E-state index contributed by atoms with van der Waals surface area (Å²) in [5, 5.41) is 2.20. The van der Waals surface area contributed by atoms with Gasteiger partial charge in [0.2, 0.25) is 0 Å². The molecule has 2 aromatic heterocycles. The minimum absolute atomic E-state index is 1.10. The standard InChI is InChI=1S/C18H24N4S4/c1-3-7-19-17(5-1)25-23-15-13-21-9-11-22(12-10-21)14-16-24-26-18-6-2-4-8-20-18/h1-8H,9-16H2. The molecule has 3 heterocycles. The number of nitrogens with zero attached hydrogens (tertiary/aromatic N) is 4. The molecule has 1 aliphatic rings. The predicted octanol–water partition coefficient (Wildman–Crippen LogP) is 4.28. The van der Waals surface area contributed by atoms with Crippen LogP contribution < -0.4 is 0 Å². The lowest BCUT2D eigenvalue weighted by Crippen LogP contribution is -2.47. The first-order valence-electron chi connectivity index (χ1n) is 8.76. The third-order valence-electron chi connectivity index (χ3n) is 4.01. The van der Waals surface area contributed by atoms with E-state index in [0.717, 1.165) is 21.6 Å². The molecule has 0 bridgehead atoms. The van der Waals surface area contributed by atoms with Gasteiger partial charge in [-0.3, -0.25) is 9.80 Å². The van der Waals surface area contributed by atoms with Gasteiger partial charge in [0, 0.05) is 63.2 Å². The first-order valence-corrected chi connectivity index (χ1v) is 13.4. The average Bonchev–Trinajstić information content (AvgIpc) is 2.71. The lowest BCUT2D eigenvalue weighted by Gasteiger charge is -2.34. The minimum atomic E-state index is 1.10. The number of pyridine rings is 2. The van der Waals surface area contributed by atoms with Gasteiger partial charge in [0.25, 0.3) is 0 Å². The lowest BCUT2D eigenvalue weighted by atomic mass is 10.3. The van der Waals surface area contributed by atoms with Gasteiger partial charge in [0.05, 0.1) is 0 Å². The third kappa shape index (κ3) is 7.70. The first kappa shape index (κ1) is 20.4. The van der Waals surface area contributed by atoms with Crippen LogP contribution in [0.3, 0.4) is 0 Å². The Hall–Kier alpha value is -0.380. The summed E-state index contributed by atoms with van der Waals surface area (Å²) < 4.78 is 0. The van der Waals surface area contributed by atoms with Gasteiger partial charge in [-0.25, -0.2) is 9.97 Å². The van der Waals surface area contributed by atoms with Crippen LogP contribution in [-0.4, -0.2) is 70.5 Å². The zero-order valence-electron chi connectivity index (χ0n) is 14.7. The summed E-state index contributed by atoms with van der Waals surface area (Å²) in [6.07, 6.45) is 3.71. The van der Waals surface area contributed by atoms with Gasteiger partial charge in [0.1, 0.15) is 10.1 Å². The van der Waals surface area contributed by atoms with Crippen molar-refractivity contribution in [2.24, 2.45) is 0 Å². The van der Waals surface area contributed by atoms with Crippen molar-refractivity contribution in [2.75, 3.05) is 50.8 Å². The first-order chi connectivity index (χ1) is 12.9. The number of aromatic nitrogens is 2. The molecule has 0 amide bonds. The van der Waals surface area contributed by atoms with E-state index >= 15 is 0 Å². The van der Waals surface area contributed by atoms with Crippen LogP contribution in [0.2, 0.25) is 0 Å². The molecule has 0 spiro atoms. The number of hydrogen-bond donors (Lipinski definition) is 0. The molecular formula is C18H24N4S4. The molecule has 8 heteroatoms.